The van der Waals surface area contributed by atoms with Gasteiger partial charge in [-0.25, -0.2) is 0 Å². The van der Waals surface area contributed by atoms with E-state index >= 15 is 0 Å². The number of aromatic nitrogens is 3. The molecule has 0 spiro atoms. The van der Waals surface area contributed by atoms with Crippen LogP contribution in [0.15, 0.2) is 48.5 Å². The molecule has 0 unspecified atom stereocenters. The lowest BCUT2D eigenvalue weighted by Crippen LogP contribution is -2.35. The van der Waals surface area contributed by atoms with E-state index in [1.165, 1.54) is 5.56 Å². The van der Waals surface area contributed by atoms with E-state index in [1.807, 2.05) is 54.0 Å². The maximum atomic E-state index is 12.7. The minimum atomic E-state index is -0.0701. The number of carbonyl (C=O) groups is 1. The summed E-state index contributed by atoms with van der Waals surface area (Å²) in [7, 11) is 0. The van der Waals surface area contributed by atoms with Gasteiger partial charge in [0.2, 0.25) is 5.91 Å². The van der Waals surface area contributed by atoms with Gasteiger partial charge >= 0.3 is 0 Å². The standard InChI is InChI=1S/C24H29N5O3S/c1-2-32-21-8-6-19(7-9-21)23-26-27-24(33)29(23)11-10-22(30)25-20-5-3-4-18(16-20)17-28-12-14-31-15-13-28/h3-9,16H,2,10-15,17H2,1H3,(H,25,30)(H,27,33). The van der Waals surface area contributed by atoms with Crippen LogP contribution in [-0.4, -0.2) is 58.5 Å². The van der Waals surface area contributed by atoms with Crippen LogP contribution in [-0.2, 0) is 22.6 Å². The van der Waals surface area contributed by atoms with E-state index in [0.29, 0.717) is 23.7 Å². The summed E-state index contributed by atoms with van der Waals surface area (Å²) in [5.74, 6) is 1.43. The number of hydrogen-bond acceptors (Lipinski definition) is 6. The van der Waals surface area contributed by atoms with Crippen LogP contribution in [0.3, 0.4) is 0 Å². The van der Waals surface area contributed by atoms with Gasteiger partial charge < -0.3 is 14.8 Å². The third-order valence-corrected chi connectivity index (χ3v) is 5.78. The Bertz CT molecular complexity index is 1120. The number of benzene rings is 2. The van der Waals surface area contributed by atoms with Gasteiger partial charge in [-0.1, -0.05) is 12.1 Å². The molecule has 1 saturated heterocycles. The van der Waals surface area contributed by atoms with Gasteiger partial charge in [0, 0.05) is 43.9 Å². The van der Waals surface area contributed by atoms with Crippen LogP contribution in [0.2, 0.25) is 0 Å². The monoisotopic (exact) mass is 467 g/mol. The third-order valence-electron chi connectivity index (χ3n) is 5.46. The smallest absolute Gasteiger partial charge is 0.226 e. The normalized spacial score (nSPS) is 14.2. The van der Waals surface area contributed by atoms with Crippen molar-refractivity contribution in [3.8, 4) is 17.1 Å². The quantitative estimate of drug-likeness (QED) is 0.465. The zero-order valence-corrected chi connectivity index (χ0v) is 19.6. The number of aromatic amines is 1. The van der Waals surface area contributed by atoms with Gasteiger partial charge in [0.05, 0.1) is 19.8 Å². The number of carbonyl (C=O) groups excluding carboxylic acids is 1. The first-order chi connectivity index (χ1) is 16.1. The minimum Gasteiger partial charge on any atom is -0.494 e. The van der Waals surface area contributed by atoms with Crippen molar-refractivity contribution < 1.29 is 14.3 Å². The lowest BCUT2D eigenvalue weighted by atomic mass is 10.1. The highest BCUT2D eigenvalue weighted by Gasteiger charge is 2.13. The molecule has 0 bridgehead atoms. The number of hydrogen-bond donors (Lipinski definition) is 2. The van der Waals surface area contributed by atoms with Crippen molar-refractivity contribution in [2.75, 3.05) is 38.2 Å². The summed E-state index contributed by atoms with van der Waals surface area (Å²) in [5.41, 5.74) is 2.87. The molecule has 1 amide bonds. The highest BCUT2D eigenvalue weighted by Crippen LogP contribution is 2.21. The molecule has 0 radical (unpaired) electrons. The van der Waals surface area contributed by atoms with Crippen molar-refractivity contribution in [2.24, 2.45) is 0 Å². The largest absolute Gasteiger partial charge is 0.494 e. The molecule has 1 aromatic heterocycles. The Morgan fingerprint density at radius 2 is 2.00 bits per heavy atom. The first-order valence-electron chi connectivity index (χ1n) is 11.2. The van der Waals surface area contributed by atoms with Crippen LogP contribution in [0.4, 0.5) is 5.69 Å². The van der Waals surface area contributed by atoms with Crippen LogP contribution in [0.25, 0.3) is 11.4 Å². The van der Waals surface area contributed by atoms with E-state index in [1.54, 1.807) is 0 Å². The number of amides is 1. The van der Waals surface area contributed by atoms with Crippen LogP contribution < -0.4 is 10.1 Å². The summed E-state index contributed by atoms with van der Waals surface area (Å²) in [5, 5.41) is 10.2. The van der Waals surface area contributed by atoms with E-state index in [-0.39, 0.29) is 12.3 Å². The molecule has 1 fully saturated rings. The van der Waals surface area contributed by atoms with Gasteiger partial charge in [0.25, 0.3) is 0 Å². The maximum Gasteiger partial charge on any atom is 0.226 e. The zero-order chi connectivity index (χ0) is 23.0. The number of ether oxygens (including phenoxy) is 2. The molecular weight excluding hydrogens is 438 g/mol. The van der Waals surface area contributed by atoms with Crippen molar-refractivity contribution in [3.63, 3.8) is 0 Å². The molecule has 0 aliphatic carbocycles. The van der Waals surface area contributed by atoms with E-state index in [4.69, 9.17) is 21.7 Å². The summed E-state index contributed by atoms with van der Waals surface area (Å²) < 4.78 is 13.2. The van der Waals surface area contributed by atoms with Crippen molar-refractivity contribution in [3.05, 3.63) is 58.9 Å². The molecule has 4 rings (SSSR count). The SMILES string of the molecule is CCOc1ccc(-c2n[nH]c(=S)n2CCC(=O)Nc2cccc(CN3CCOCC3)c2)cc1. The number of morpholine rings is 1. The van der Waals surface area contributed by atoms with Crippen molar-refractivity contribution in [1.82, 2.24) is 19.7 Å². The molecule has 9 heteroatoms. The fraction of sp³-hybridized carbons (Fsp3) is 0.375. The van der Waals surface area contributed by atoms with Crippen molar-refractivity contribution in [2.45, 2.75) is 26.4 Å². The number of nitrogens with one attached hydrogen (secondary N) is 2. The topological polar surface area (TPSA) is 84.4 Å². The molecule has 174 valence electrons. The molecule has 2 heterocycles. The fourth-order valence-corrected chi connectivity index (χ4v) is 4.04. The number of anilines is 1. The molecule has 1 aliphatic rings. The first-order valence-corrected chi connectivity index (χ1v) is 11.6. The fourth-order valence-electron chi connectivity index (χ4n) is 3.81. The van der Waals surface area contributed by atoms with Gasteiger partial charge in [-0.05, 0) is 61.1 Å². The number of H-pyrrole nitrogens is 1. The molecule has 33 heavy (non-hydrogen) atoms. The zero-order valence-electron chi connectivity index (χ0n) is 18.8. The Labute approximate surface area is 198 Å². The van der Waals surface area contributed by atoms with E-state index in [9.17, 15) is 4.79 Å². The summed E-state index contributed by atoms with van der Waals surface area (Å²) in [4.78, 5) is 15.0. The Hall–Kier alpha value is -3.01. The van der Waals surface area contributed by atoms with Crippen molar-refractivity contribution >= 4 is 23.8 Å². The van der Waals surface area contributed by atoms with Crippen molar-refractivity contribution in [1.29, 1.82) is 0 Å². The minimum absolute atomic E-state index is 0.0701. The van der Waals surface area contributed by atoms with Gasteiger partial charge in [-0.3, -0.25) is 19.4 Å². The molecule has 8 nitrogen and oxygen atoms in total. The molecule has 3 aromatic rings. The third kappa shape index (κ3) is 6.28. The highest BCUT2D eigenvalue weighted by atomic mass is 32.1. The summed E-state index contributed by atoms with van der Waals surface area (Å²) in [6.07, 6.45) is 0.283. The van der Waals surface area contributed by atoms with Crippen LogP contribution in [0, 0.1) is 4.77 Å². The average molecular weight is 468 g/mol. The number of nitrogens with zero attached hydrogens (tertiary/aromatic N) is 3. The molecular formula is C24H29N5O3S. The molecule has 0 saturated carbocycles. The van der Waals surface area contributed by atoms with Crippen LogP contribution >= 0.6 is 12.2 Å². The highest BCUT2D eigenvalue weighted by molar-refractivity contribution is 7.71. The van der Waals surface area contributed by atoms with E-state index in [0.717, 1.165) is 49.8 Å². The molecule has 2 aromatic carbocycles. The molecule has 0 atom stereocenters. The van der Waals surface area contributed by atoms with Crippen LogP contribution in [0.5, 0.6) is 5.75 Å². The predicted octanol–water partition coefficient (Wildman–Crippen LogP) is 3.87. The van der Waals surface area contributed by atoms with Gasteiger partial charge in [-0.2, -0.15) is 5.10 Å². The Morgan fingerprint density at radius 1 is 1.21 bits per heavy atom. The second-order valence-electron chi connectivity index (χ2n) is 7.85. The molecule has 1 aliphatic heterocycles. The summed E-state index contributed by atoms with van der Waals surface area (Å²) >= 11 is 5.39. The van der Waals surface area contributed by atoms with E-state index in [2.05, 4.69) is 26.5 Å². The first kappa shape index (κ1) is 23.2. The van der Waals surface area contributed by atoms with Gasteiger partial charge in [-0.15, -0.1) is 0 Å². The lowest BCUT2D eigenvalue weighted by Gasteiger charge is -2.26. The maximum absolute atomic E-state index is 12.7. The molecule has 2 N–H and O–H groups in total. The van der Waals surface area contributed by atoms with E-state index < -0.39 is 0 Å². The number of rotatable bonds is 9. The van der Waals surface area contributed by atoms with Crippen LogP contribution in [0.1, 0.15) is 18.9 Å². The Morgan fingerprint density at radius 3 is 2.76 bits per heavy atom. The summed E-state index contributed by atoms with van der Waals surface area (Å²) in [6, 6.07) is 15.7. The average Bonchev–Trinajstić information content (AvgIpc) is 3.19. The Kier molecular flexibility index (Phi) is 7.87. The Balaban J connectivity index is 1.36. The lowest BCUT2D eigenvalue weighted by molar-refractivity contribution is -0.116. The van der Waals surface area contributed by atoms with Gasteiger partial charge in [0.1, 0.15) is 5.75 Å². The van der Waals surface area contributed by atoms with Gasteiger partial charge in [0.15, 0.2) is 10.6 Å². The summed E-state index contributed by atoms with van der Waals surface area (Å²) in [6.45, 7) is 7.24. The second-order valence-corrected chi connectivity index (χ2v) is 8.24. The second kappa shape index (κ2) is 11.2. The predicted molar refractivity (Wildman–Crippen MR) is 130 cm³/mol.